The maximum atomic E-state index is 12.3. The summed E-state index contributed by atoms with van der Waals surface area (Å²) in [4.78, 5) is 35.9. The zero-order valence-electron chi connectivity index (χ0n) is 18.6. The molecular weight excluding hydrogens is 436 g/mol. The molecule has 3 atom stereocenters. The summed E-state index contributed by atoms with van der Waals surface area (Å²) >= 11 is 0. The van der Waals surface area contributed by atoms with E-state index in [-0.39, 0.29) is 24.8 Å². The monoisotopic (exact) mass is 468 g/mol. The van der Waals surface area contributed by atoms with Crippen LogP contribution < -0.4 is 21.8 Å². The van der Waals surface area contributed by atoms with Crippen LogP contribution in [0.15, 0.2) is 48.5 Å². The second-order valence-electron chi connectivity index (χ2n) is 7.83. The van der Waals surface area contributed by atoms with Crippen molar-refractivity contribution in [2.75, 3.05) is 5.32 Å². The van der Waals surface area contributed by atoms with Crippen LogP contribution in [0.1, 0.15) is 49.7 Å². The largest absolute Gasteiger partial charge is 0.391 e. The Kier molecular flexibility index (Phi) is 10.9. The third kappa shape index (κ3) is 8.01. The van der Waals surface area contributed by atoms with Crippen molar-refractivity contribution in [1.29, 1.82) is 0 Å². The fourth-order valence-corrected chi connectivity index (χ4v) is 2.71. The first-order valence-corrected chi connectivity index (χ1v) is 10.3. The number of hydroxylamine groups is 1. The molecule has 3 amide bonds. The van der Waals surface area contributed by atoms with Crippen molar-refractivity contribution >= 4 is 23.4 Å². The lowest BCUT2D eigenvalue weighted by Gasteiger charge is -2.19. The van der Waals surface area contributed by atoms with Gasteiger partial charge in [-0.3, -0.25) is 19.6 Å². The van der Waals surface area contributed by atoms with Crippen LogP contribution in [0.5, 0.6) is 0 Å². The van der Waals surface area contributed by atoms with Gasteiger partial charge in [0.2, 0.25) is 5.91 Å². The maximum absolute atomic E-state index is 12.3. The highest BCUT2D eigenvalue weighted by molar-refractivity contribution is 5.97. The summed E-state index contributed by atoms with van der Waals surface area (Å²) < 4.78 is 0. The molecule has 0 spiro atoms. The first-order chi connectivity index (χ1) is 15.6. The minimum Gasteiger partial charge on any atom is -0.391 e. The zero-order valence-corrected chi connectivity index (χ0v) is 18.6. The number of rotatable bonds is 7. The van der Waals surface area contributed by atoms with Gasteiger partial charge in [0.05, 0.1) is 12.1 Å². The van der Waals surface area contributed by atoms with E-state index in [1.807, 2.05) is 13.8 Å². The maximum Gasteiger partial charge on any atom is 0.268 e. The summed E-state index contributed by atoms with van der Waals surface area (Å²) in [6, 6.07) is 11.5. The number of aliphatic hydroxyl groups is 1. The fourth-order valence-electron chi connectivity index (χ4n) is 2.71. The van der Waals surface area contributed by atoms with E-state index < -0.39 is 30.0 Å². The summed E-state index contributed by atoms with van der Waals surface area (Å²) in [5.41, 5.74) is 9.53. The van der Waals surface area contributed by atoms with Gasteiger partial charge in [0.25, 0.3) is 11.8 Å². The standard InChI is InChI=1S/C24H28N4O5.CH4/c1-14(2)20(25)23(31)26-19-12-8-17(9-13-19)5-4-16-6-10-18(11-7-16)22(30)27-21(15(3)29)24(32)28-33;/h6-15,20-21,29,33H,25H2,1-3H3,(H,26,31)(H,27,30)(H,28,32);1H4/t15-,20+,21+;/m1./s1. The number of aliphatic hydroxyl groups excluding tert-OH is 1. The molecule has 2 rings (SSSR count). The lowest BCUT2D eigenvalue weighted by atomic mass is 10.0. The van der Waals surface area contributed by atoms with E-state index in [0.29, 0.717) is 11.3 Å². The molecule has 0 bridgehead atoms. The molecule has 2 aromatic carbocycles. The summed E-state index contributed by atoms with van der Waals surface area (Å²) in [5.74, 6) is 4.26. The van der Waals surface area contributed by atoms with E-state index in [1.54, 1.807) is 36.4 Å². The molecule has 34 heavy (non-hydrogen) atoms. The number of hydrogen-bond donors (Lipinski definition) is 6. The predicted molar refractivity (Wildman–Crippen MR) is 130 cm³/mol. The van der Waals surface area contributed by atoms with E-state index in [4.69, 9.17) is 10.9 Å². The molecule has 0 unspecified atom stereocenters. The van der Waals surface area contributed by atoms with Crippen molar-refractivity contribution in [1.82, 2.24) is 10.8 Å². The van der Waals surface area contributed by atoms with Gasteiger partial charge in [0.15, 0.2) is 0 Å². The first kappa shape index (κ1) is 28.3. The van der Waals surface area contributed by atoms with E-state index in [2.05, 4.69) is 22.5 Å². The van der Waals surface area contributed by atoms with E-state index in [0.717, 1.165) is 5.56 Å². The molecular formula is C25H32N4O5. The lowest BCUT2D eigenvalue weighted by molar-refractivity contribution is -0.133. The molecule has 0 fully saturated rings. The Morgan fingerprint density at radius 1 is 0.882 bits per heavy atom. The van der Waals surface area contributed by atoms with Crippen LogP contribution in [0.3, 0.4) is 0 Å². The van der Waals surface area contributed by atoms with Gasteiger partial charge >= 0.3 is 0 Å². The first-order valence-electron chi connectivity index (χ1n) is 10.3. The predicted octanol–water partition coefficient (Wildman–Crippen LogP) is 1.63. The summed E-state index contributed by atoms with van der Waals surface area (Å²) in [6.07, 6.45) is -1.20. The van der Waals surface area contributed by atoms with Crippen LogP contribution in [-0.4, -0.2) is 46.2 Å². The molecule has 0 radical (unpaired) electrons. The van der Waals surface area contributed by atoms with Crippen molar-refractivity contribution in [2.45, 2.75) is 46.4 Å². The number of carbonyl (C=O) groups excluding carboxylic acids is 3. The summed E-state index contributed by atoms with van der Waals surface area (Å²) in [5, 5.41) is 23.5. The number of nitrogens with one attached hydrogen (secondary N) is 3. The number of anilines is 1. The second-order valence-corrected chi connectivity index (χ2v) is 7.83. The molecule has 9 heteroatoms. The Hall–Kier alpha value is -3.71. The molecule has 0 aliphatic carbocycles. The van der Waals surface area contributed by atoms with Gasteiger partial charge in [0.1, 0.15) is 6.04 Å². The zero-order chi connectivity index (χ0) is 24.5. The van der Waals surface area contributed by atoms with Gasteiger partial charge in [-0.25, -0.2) is 5.48 Å². The molecule has 0 aromatic heterocycles. The van der Waals surface area contributed by atoms with Crippen molar-refractivity contribution < 1.29 is 24.7 Å². The van der Waals surface area contributed by atoms with Crippen LogP contribution in [0.2, 0.25) is 0 Å². The minimum absolute atomic E-state index is 0. The van der Waals surface area contributed by atoms with Gasteiger partial charge in [-0.2, -0.15) is 0 Å². The third-order valence-corrected chi connectivity index (χ3v) is 4.83. The molecule has 2 aromatic rings. The van der Waals surface area contributed by atoms with Gasteiger partial charge in [-0.15, -0.1) is 0 Å². The van der Waals surface area contributed by atoms with Crippen molar-refractivity contribution in [3.05, 3.63) is 65.2 Å². The number of amides is 3. The van der Waals surface area contributed by atoms with Crippen LogP contribution in [0, 0.1) is 17.8 Å². The van der Waals surface area contributed by atoms with Crippen molar-refractivity contribution in [3.63, 3.8) is 0 Å². The molecule has 0 aliphatic heterocycles. The highest BCUT2D eigenvalue weighted by atomic mass is 16.5. The molecule has 182 valence electrons. The van der Waals surface area contributed by atoms with Gasteiger partial charge in [-0.1, -0.05) is 33.1 Å². The van der Waals surface area contributed by atoms with Crippen LogP contribution in [0.4, 0.5) is 5.69 Å². The SMILES string of the molecule is C.CC(C)[C@H](N)C(=O)Nc1ccc(C#Cc2ccc(C(=O)N[C@H](C(=O)NO)[C@@H](C)O)cc2)cc1. The van der Waals surface area contributed by atoms with Crippen LogP contribution >= 0.6 is 0 Å². The van der Waals surface area contributed by atoms with Crippen LogP contribution in [-0.2, 0) is 9.59 Å². The van der Waals surface area contributed by atoms with E-state index in [1.165, 1.54) is 24.5 Å². The topological polar surface area (TPSA) is 154 Å². The lowest BCUT2D eigenvalue weighted by Crippen LogP contribution is -2.51. The molecule has 0 saturated carbocycles. The van der Waals surface area contributed by atoms with Gasteiger partial charge < -0.3 is 21.5 Å². The number of benzene rings is 2. The number of carbonyl (C=O) groups is 3. The number of hydrogen-bond acceptors (Lipinski definition) is 6. The third-order valence-electron chi connectivity index (χ3n) is 4.83. The van der Waals surface area contributed by atoms with Gasteiger partial charge in [0, 0.05) is 22.4 Å². The minimum atomic E-state index is -1.30. The Labute approximate surface area is 199 Å². The highest BCUT2D eigenvalue weighted by Gasteiger charge is 2.25. The smallest absolute Gasteiger partial charge is 0.268 e. The molecule has 0 aliphatic rings. The Balaban J connectivity index is 0.00000578. The van der Waals surface area contributed by atoms with Crippen LogP contribution in [0.25, 0.3) is 0 Å². The second kappa shape index (κ2) is 13.1. The number of nitrogens with two attached hydrogens (primary N) is 1. The van der Waals surface area contributed by atoms with Gasteiger partial charge in [-0.05, 0) is 61.4 Å². The Bertz CT molecular complexity index is 1040. The summed E-state index contributed by atoms with van der Waals surface area (Å²) in [6.45, 7) is 5.08. The van der Waals surface area contributed by atoms with E-state index in [9.17, 15) is 19.5 Å². The summed E-state index contributed by atoms with van der Waals surface area (Å²) in [7, 11) is 0. The quantitative estimate of drug-likeness (QED) is 0.206. The molecule has 0 saturated heterocycles. The molecule has 0 heterocycles. The molecule has 9 nitrogen and oxygen atoms in total. The Morgan fingerprint density at radius 3 is 1.82 bits per heavy atom. The Morgan fingerprint density at radius 2 is 1.38 bits per heavy atom. The van der Waals surface area contributed by atoms with E-state index >= 15 is 0 Å². The van der Waals surface area contributed by atoms with Crippen molar-refractivity contribution in [2.24, 2.45) is 11.7 Å². The molecule has 7 N–H and O–H groups in total. The fraction of sp³-hybridized carbons (Fsp3) is 0.320. The average Bonchev–Trinajstić information content (AvgIpc) is 2.80. The normalized spacial score (nSPS) is 12.8. The average molecular weight is 469 g/mol. The highest BCUT2D eigenvalue weighted by Crippen LogP contribution is 2.11. The van der Waals surface area contributed by atoms with Crippen molar-refractivity contribution in [3.8, 4) is 11.8 Å².